The van der Waals surface area contributed by atoms with Gasteiger partial charge in [-0.3, -0.25) is 9.89 Å². The number of hydrogen-bond donors (Lipinski definition) is 3. The summed E-state index contributed by atoms with van der Waals surface area (Å²) in [5.74, 6) is 0.611. The van der Waals surface area contributed by atoms with E-state index in [1.54, 1.807) is 23.1 Å². The van der Waals surface area contributed by atoms with Crippen LogP contribution in [0, 0.1) is 0 Å². The number of amides is 1. The number of ether oxygens (including phenoxy) is 1. The van der Waals surface area contributed by atoms with E-state index in [-0.39, 0.29) is 24.8 Å². The van der Waals surface area contributed by atoms with E-state index in [1.165, 1.54) is 0 Å². The second-order valence-corrected chi connectivity index (χ2v) is 7.63. The second-order valence-electron chi connectivity index (χ2n) is 7.63. The average molecular weight is 421 g/mol. The van der Waals surface area contributed by atoms with Crippen LogP contribution >= 0.6 is 0 Å². The van der Waals surface area contributed by atoms with Crippen LogP contribution in [0.25, 0.3) is 11.3 Å². The molecule has 0 unspecified atom stereocenters. The fourth-order valence-corrected chi connectivity index (χ4v) is 4.08. The first-order chi connectivity index (χ1) is 15.2. The van der Waals surface area contributed by atoms with Crippen LogP contribution in [0.4, 0.5) is 0 Å². The number of nitrogens with one attached hydrogen (secondary N) is 1. The molecule has 162 valence electrons. The maximum atomic E-state index is 13.1. The van der Waals surface area contributed by atoms with Crippen molar-refractivity contribution >= 4 is 5.91 Å². The molecular formula is C24H27N3O4. The first-order valence-electron chi connectivity index (χ1n) is 10.7. The third kappa shape index (κ3) is 4.01. The largest absolute Gasteiger partial charge is 0.507 e. The number of phenols is 1. The summed E-state index contributed by atoms with van der Waals surface area (Å²) >= 11 is 0. The number of para-hydroxylation sites is 1. The Hall–Kier alpha value is -3.32. The highest BCUT2D eigenvalue weighted by atomic mass is 16.5. The number of aromatic amines is 1. The molecule has 7 heteroatoms. The lowest BCUT2D eigenvalue weighted by atomic mass is 9.95. The van der Waals surface area contributed by atoms with Gasteiger partial charge in [0, 0.05) is 17.7 Å². The van der Waals surface area contributed by atoms with E-state index in [0.29, 0.717) is 29.1 Å². The predicted molar refractivity (Wildman–Crippen MR) is 117 cm³/mol. The van der Waals surface area contributed by atoms with Gasteiger partial charge in [0.25, 0.3) is 5.91 Å². The highest BCUT2D eigenvalue weighted by Crippen LogP contribution is 2.44. The van der Waals surface area contributed by atoms with Crippen LogP contribution in [0.2, 0.25) is 0 Å². The Morgan fingerprint density at radius 2 is 2.00 bits per heavy atom. The highest BCUT2D eigenvalue weighted by Gasteiger charge is 2.42. The van der Waals surface area contributed by atoms with Crippen molar-refractivity contribution in [2.45, 2.75) is 32.2 Å². The van der Waals surface area contributed by atoms with Gasteiger partial charge in [-0.1, -0.05) is 44.0 Å². The number of aliphatic hydroxyl groups is 1. The predicted octanol–water partition coefficient (Wildman–Crippen LogP) is 3.89. The Bertz CT molecular complexity index is 1060. The Kier molecular flexibility index (Phi) is 6.23. The number of fused-ring (bicyclic) bond motifs is 1. The van der Waals surface area contributed by atoms with Crippen LogP contribution in [-0.2, 0) is 0 Å². The van der Waals surface area contributed by atoms with Gasteiger partial charge in [-0.25, -0.2) is 0 Å². The number of hydrogen-bond acceptors (Lipinski definition) is 5. The van der Waals surface area contributed by atoms with Crippen molar-refractivity contribution in [1.82, 2.24) is 15.1 Å². The van der Waals surface area contributed by atoms with E-state index in [2.05, 4.69) is 17.1 Å². The number of benzene rings is 2. The fourth-order valence-electron chi connectivity index (χ4n) is 4.08. The standard InChI is InChI=1S/C24H27N3O4/c1-2-3-6-14-31-17-9-7-8-16(15-17)23-20-21(18-10-4-5-11-19(18)29)25-26-22(20)24(30)27(23)12-13-28/h4-5,7-11,15,23,28-29H,2-3,6,12-14H2,1H3,(H,25,26)/t23-/m1/s1. The molecule has 0 saturated carbocycles. The van der Waals surface area contributed by atoms with Crippen molar-refractivity contribution in [1.29, 1.82) is 0 Å². The zero-order valence-electron chi connectivity index (χ0n) is 17.5. The van der Waals surface area contributed by atoms with Crippen molar-refractivity contribution in [2.75, 3.05) is 19.8 Å². The number of unbranched alkanes of at least 4 members (excludes halogenated alkanes) is 2. The van der Waals surface area contributed by atoms with Gasteiger partial charge in [-0.2, -0.15) is 5.10 Å². The van der Waals surface area contributed by atoms with E-state index < -0.39 is 6.04 Å². The van der Waals surface area contributed by atoms with E-state index in [1.807, 2.05) is 30.3 Å². The minimum atomic E-state index is -0.442. The first-order valence-corrected chi connectivity index (χ1v) is 10.7. The van der Waals surface area contributed by atoms with Crippen LogP contribution in [-0.4, -0.2) is 51.0 Å². The van der Waals surface area contributed by atoms with E-state index in [9.17, 15) is 15.0 Å². The molecule has 0 spiro atoms. The third-order valence-corrected chi connectivity index (χ3v) is 5.55. The lowest BCUT2D eigenvalue weighted by molar-refractivity contribution is 0.0706. The number of aromatic hydroxyl groups is 1. The summed E-state index contributed by atoms with van der Waals surface area (Å²) in [7, 11) is 0. The summed E-state index contributed by atoms with van der Waals surface area (Å²) in [6.45, 7) is 2.83. The normalized spacial score (nSPS) is 15.4. The van der Waals surface area contributed by atoms with Gasteiger partial charge in [-0.05, 0) is 36.2 Å². The molecule has 2 aromatic carbocycles. The van der Waals surface area contributed by atoms with Gasteiger partial charge in [-0.15, -0.1) is 0 Å². The molecule has 4 rings (SSSR count). The minimum Gasteiger partial charge on any atom is -0.507 e. The average Bonchev–Trinajstić information content (AvgIpc) is 3.31. The van der Waals surface area contributed by atoms with E-state index in [4.69, 9.17) is 4.74 Å². The SMILES string of the molecule is CCCCCOc1cccc([C@@H]2c3c(-c4ccccc4O)n[nH]c3C(=O)N2CCO)c1. The molecule has 3 N–H and O–H groups in total. The number of aliphatic hydroxyl groups excluding tert-OH is 1. The first kappa shape index (κ1) is 20.9. The summed E-state index contributed by atoms with van der Waals surface area (Å²) in [6.07, 6.45) is 3.23. The molecule has 2 heterocycles. The molecule has 1 amide bonds. The number of carbonyl (C=O) groups excluding carboxylic acids is 1. The Morgan fingerprint density at radius 3 is 2.77 bits per heavy atom. The van der Waals surface area contributed by atoms with Gasteiger partial charge in [0.2, 0.25) is 0 Å². The summed E-state index contributed by atoms with van der Waals surface area (Å²) in [6, 6.07) is 14.2. The van der Waals surface area contributed by atoms with Crippen molar-refractivity contribution in [3.05, 3.63) is 65.4 Å². The summed E-state index contributed by atoms with van der Waals surface area (Å²) in [4.78, 5) is 14.7. The zero-order valence-corrected chi connectivity index (χ0v) is 17.5. The maximum absolute atomic E-state index is 13.1. The van der Waals surface area contributed by atoms with Crippen molar-refractivity contribution in [3.63, 3.8) is 0 Å². The molecule has 1 aliphatic rings. The molecule has 0 bridgehead atoms. The molecule has 0 fully saturated rings. The van der Waals surface area contributed by atoms with Gasteiger partial charge in [0.15, 0.2) is 0 Å². The van der Waals surface area contributed by atoms with Crippen molar-refractivity contribution in [2.24, 2.45) is 0 Å². The smallest absolute Gasteiger partial charge is 0.273 e. The fraction of sp³-hybridized carbons (Fsp3) is 0.333. The zero-order chi connectivity index (χ0) is 21.8. The number of nitrogens with zero attached hydrogens (tertiary/aromatic N) is 2. The van der Waals surface area contributed by atoms with Crippen LogP contribution in [0.1, 0.15) is 53.8 Å². The van der Waals surface area contributed by atoms with Gasteiger partial charge in [0.05, 0.1) is 19.3 Å². The summed E-state index contributed by atoms with van der Waals surface area (Å²) in [5.41, 5.74) is 3.03. The highest BCUT2D eigenvalue weighted by molar-refractivity contribution is 6.00. The topological polar surface area (TPSA) is 98.7 Å². The Balaban J connectivity index is 1.75. The quantitative estimate of drug-likeness (QED) is 0.455. The van der Waals surface area contributed by atoms with Gasteiger partial charge in [0.1, 0.15) is 22.9 Å². The molecule has 0 radical (unpaired) electrons. The number of β-amino-alcohol motifs (C(OH)–C–C–N with tert-alkyl or cyclic N) is 1. The van der Waals surface area contributed by atoms with Crippen molar-refractivity contribution < 1.29 is 19.7 Å². The van der Waals surface area contributed by atoms with Crippen LogP contribution in [0.3, 0.4) is 0 Å². The third-order valence-electron chi connectivity index (χ3n) is 5.55. The maximum Gasteiger partial charge on any atom is 0.273 e. The molecule has 1 atom stereocenters. The molecule has 0 aliphatic carbocycles. The van der Waals surface area contributed by atoms with Crippen LogP contribution in [0.5, 0.6) is 11.5 Å². The molecule has 7 nitrogen and oxygen atoms in total. The number of phenolic OH excluding ortho intramolecular Hbond substituents is 1. The summed E-state index contributed by atoms with van der Waals surface area (Å²) in [5, 5.41) is 27.2. The lowest BCUT2D eigenvalue weighted by Crippen LogP contribution is -2.32. The molecule has 1 aliphatic heterocycles. The van der Waals surface area contributed by atoms with E-state index >= 15 is 0 Å². The lowest BCUT2D eigenvalue weighted by Gasteiger charge is -2.26. The number of rotatable bonds is 9. The molecule has 31 heavy (non-hydrogen) atoms. The molecular weight excluding hydrogens is 394 g/mol. The van der Waals surface area contributed by atoms with E-state index in [0.717, 1.165) is 30.6 Å². The van der Waals surface area contributed by atoms with Gasteiger partial charge >= 0.3 is 0 Å². The van der Waals surface area contributed by atoms with Crippen LogP contribution < -0.4 is 4.74 Å². The summed E-state index contributed by atoms with van der Waals surface area (Å²) < 4.78 is 5.92. The van der Waals surface area contributed by atoms with Crippen LogP contribution in [0.15, 0.2) is 48.5 Å². The number of H-pyrrole nitrogens is 1. The monoisotopic (exact) mass is 421 g/mol. The number of carbonyl (C=O) groups is 1. The molecule has 0 saturated heterocycles. The Morgan fingerprint density at radius 1 is 1.16 bits per heavy atom. The number of aromatic nitrogens is 2. The second kappa shape index (κ2) is 9.22. The minimum absolute atomic E-state index is 0.0941. The Labute approximate surface area is 181 Å². The van der Waals surface area contributed by atoms with Gasteiger partial charge < -0.3 is 19.8 Å². The molecule has 1 aromatic heterocycles. The molecule has 3 aromatic rings. The van der Waals surface area contributed by atoms with Crippen molar-refractivity contribution in [3.8, 4) is 22.8 Å².